The van der Waals surface area contributed by atoms with E-state index < -0.39 is 36.1 Å². The number of carbonyl (C=O) groups is 4. The number of benzene rings is 2. The van der Waals surface area contributed by atoms with E-state index in [1.165, 1.54) is 13.8 Å². The number of hydrogen-bond acceptors (Lipinski definition) is 5. The molecular formula is C21H24N4O5. The van der Waals surface area contributed by atoms with Crippen LogP contribution in [0.25, 0.3) is 0 Å². The van der Waals surface area contributed by atoms with Crippen LogP contribution in [-0.4, -0.2) is 36.1 Å². The molecule has 0 aliphatic rings. The van der Waals surface area contributed by atoms with Crippen molar-refractivity contribution in [3.8, 4) is 0 Å². The second-order valence-corrected chi connectivity index (χ2v) is 6.42. The van der Waals surface area contributed by atoms with Crippen molar-refractivity contribution in [3.05, 3.63) is 66.2 Å². The minimum absolute atomic E-state index is 0.242. The average molecular weight is 412 g/mol. The molecule has 0 unspecified atom stereocenters. The standard InChI is InChI=1S/C21H24N4O5/c1-14(23-21(29)24-17-11-7-4-8-12-17)19(27)30-15(2)18(26)25-20(28)22-13-16-9-5-3-6-10-16/h3-12,14-15H,13H2,1-2H3,(H2,23,24,29)(H2,22,25,26,28)/t14-,15-/m0/s1. The summed E-state index contributed by atoms with van der Waals surface area (Å²) < 4.78 is 5.02. The van der Waals surface area contributed by atoms with E-state index in [-0.39, 0.29) is 6.54 Å². The third-order valence-corrected chi connectivity index (χ3v) is 3.93. The van der Waals surface area contributed by atoms with E-state index in [1.54, 1.807) is 30.3 Å². The SMILES string of the molecule is C[C@H](NC(=O)Nc1ccccc1)C(=O)O[C@@H](C)C(=O)NC(=O)NCc1ccccc1. The fourth-order valence-corrected chi connectivity index (χ4v) is 2.31. The number of nitrogens with one attached hydrogen (secondary N) is 4. The van der Waals surface area contributed by atoms with Gasteiger partial charge in [0.25, 0.3) is 5.91 Å². The van der Waals surface area contributed by atoms with E-state index in [1.807, 2.05) is 30.3 Å². The molecular weight excluding hydrogens is 388 g/mol. The fourth-order valence-electron chi connectivity index (χ4n) is 2.31. The number of para-hydroxylation sites is 1. The van der Waals surface area contributed by atoms with E-state index in [9.17, 15) is 19.2 Å². The lowest BCUT2D eigenvalue weighted by Crippen LogP contribution is -2.47. The Morgan fingerprint density at radius 3 is 2.10 bits per heavy atom. The number of ether oxygens (including phenoxy) is 1. The second-order valence-electron chi connectivity index (χ2n) is 6.42. The van der Waals surface area contributed by atoms with E-state index in [0.29, 0.717) is 5.69 Å². The Morgan fingerprint density at radius 2 is 1.47 bits per heavy atom. The zero-order chi connectivity index (χ0) is 21.9. The van der Waals surface area contributed by atoms with Crippen molar-refractivity contribution in [2.45, 2.75) is 32.5 Å². The summed E-state index contributed by atoms with van der Waals surface area (Å²) in [6.45, 7) is 2.99. The summed E-state index contributed by atoms with van der Waals surface area (Å²) in [4.78, 5) is 47.9. The second kappa shape index (κ2) is 11.2. The molecule has 0 radical (unpaired) electrons. The van der Waals surface area contributed by atoms with Gasteiger partial charge >= 0.3 is 18.0 Å². The van der Waals surface area contributed by atoms with Gasteiger partial charge in [-0.25, -0.2) is 14.4 Å². The van der Waals surface area contributed by atoms with Gasteiger partial charge in [0.2, 0.25) is 0 Å². The molecule has 2 rings (SSSR count). The van der Waals surface area contributed by atoms with Crippen LogP contribution in [0.15, 0.2) is 60.7 Å². The van der Waals surface area contributed by atoms with Crippen molar-refractivity contribution in [2.75, 3.05) is 5.32 Å². The van der Waals surface area contributed by atoms with Crippen LogP contribution in [0.5, 0.6) is 0 Å². The van der Waals surface area contributed by atoms with Crippen molar-refractivity contribution in [2.24, 2.45) is 0 Å². The van der Waals surface area contributed by atoms with Crippen LogP contribution in [-0.2, 0) is 20.9 Å². The van der Waals surface area contributed by atoms with E-state index in [0.717, 1.165) is 5.56 Å². The topological polar surface area (TPSA) is 126 Å². The van der Waals surface area contributed by atoms with Gasteiger partial charge in [-0.1, -0.05) is 48.5 Å². The number of imide groups is 1. The molecule has 0 heterocycles. The van der Waals surface area contributed by atoms with Gasteiger partial charge in [0.05, 0.1) is 0 Å². The number of carbonyl (C=O) groups excluding carboxylic acids is 4. The minimum atomic E-state index is -1.22. The number of anilines is 1. The van der Waals surface area contributed by atoms with Crippen molar-refractivity contribution < 1.29 is 23.9 Å². The Kier molecular flexibility index (Phi) is 8.37. The van der Waals surface area contributed by atoms with Crippen LogP contribution in [0.4, 0.5) is 15.3 Å². The Hall–Kier alpha value is -3.88. The maximum atomic E-state index is 12.1. The van der Waals surface area contributed by atoms with Crippen molar-refractivity contribution >= 4 is 29.6 Å². The molecule has 2 aromatic rings. The Balaban J connectivity index is 1.73. The van der Waals surface area contributed by atoms with Crippen LogP contribution in [0.3, 0.4) is 0 Å². The first-order chi connectivity index (χ1) is 14.3. The number of amides is 5. The summed E-state index contributed by atoms with van der Waals surface area (Å²) in [6, 6.07) is 15.6. The highest BCUT2D eigenvalue weighted by atomic mass is 16.5. The lowest BCUT2D eigenvalue weighted by Gasteiger charge is -2.17. The molecule has 4 N–H and O–H groups in total. The Labute approximate surface area is 174 Å². The lowest BCUT2D eigenvalue weighted by molar-refractivity contribution is -0.155. The number of esters is 1. The summed E-state index contributed by atoms with van der Waals surface area (Å²) in [5.74, 6) is -1.60. The van der Waals surface area contributed by atoms with E-state index >= 15 is 0 Å². The van der Waals surface area contributed by atoms with Crippen LogP contribution in [0.1, 0.15) is 19.4 Å². The van der Waals surface area contributed by atoms with Gasteiger partial charge in [0, 0.05) is 12.2 Å². The first kappa shape index (κ1) is 22.4. The summed E-state index contributed by atoms with van der Waals surface area (Å²) in [7, 11) is 0. The molecule has 0 spiro atoms. The fraction of sp³-hybridized carbons (Fsp3) is 0.238. The molecule has 2 atom stereocenters. The van der Waals surface area contributed by atoms with Crippen molar-refractivity contribution in [3.63, 3.8) is 0 Å². The lowest BCUT2D eigenvalue weighted by atomic mass is 10.2. The molecule has 30 heavy (non-hydrogen) atoms. The number of rotatable bonds is 7. The maximum Gasteiger partial charge on any atom is 0.329 e. The first-order valence-electron chi connectivity index (χ1n) is 9.31. The Bertz CT molecular complexity index is 873. The molecule has 5 amide bonds. The minimum Gasteiger partial charge on any atom is -0.451 e. The Morgan fingerprint density at radius 1 is 0.867 bits per heavy atom. The maximum absolute atomic E-state index is 12.1. The number of urea groups is 2. The van der Waals surface area contributed by atoms with Gasteiger partial charge < -0.3 is 20.7 Å². The van der Waals surface area contributed by atoms with Gasteiger partial charge in [0.1, 0.15) is 6.04 Å². The summed E-state index contributed by atoms with van der Waals surface area (Å²) >= 11 is 0. The van der Waals surface area contributed by atoms with Crippen LogP contribution >= 0.6 is 0 Å². The first-order valence-corrected chi connectivity index (χ1v) is 9.31. The zero-order valence-corrected chi connectivity index (χ0v) is 16.7. The molecule has 0 aliphatic carbocycles. The van der Waals surface area contributed by atoms with Crippen LogP contribution in [0.2, 0.25) is 0 Å². The van der Waals surface area contributed by atoms with Crippen molar-refractivity contribution in [1.82, 2.24) is 16.0 Å². The van der Waals surface area contributed by atoms with Gasteiger partial charge in [-0.3, -0.25) is 10.1 Å². The summed E-state index contributed by atoms with van der Waals surface area (Å²) in [6.07, 6.45) is -1.22. The van der Waals surface area contributed by atoms with Crippen molar-refractivity contribution in [1.29, 1.82) is 0 Å². The predicted octanol–water partition coefficient (Wildman–Crippen LogP) is 2.15. The highest BCUT2D eigenvalue weighted by molar-refractivity contribution is 5.97. The molecule has 0 bridgehead atoms. The predicted molar refractivity (Wildman–Crippen MR) is 110 cm³/mol. The molecule has 9 heteroatoms. The zero-order valence-electron chi connectivity index (χ0n) is 16.7. The smallest absolute Gasteiger partial charge is 0.329 e. The normalized spacial score (nSPS) is 12.1. The molecule has 2 aromatic carbocycles. The summed E-state index contributed by atoms with van der Waals surface area (Å²) in [5.41, 5.74) is 1.43. The molecule has 0 aliphatic heterocycles. The van der Waals surface area contributed by atoms with E-state index in [2.05, 4.69) is 21.3 Å². The van der Waals surface area contributed by atoms with Gasteiger partial charge in [-0.15, -0.1) is 0 Å². The van der Waals surface area contributed by atoms with Gasteiger partial charge in [0.15, 0.2) is 6.10 Å². The monoisotopic (exact) mass is 412 g/mol. The highest BCUT2D eigenvalue weighted by Gasteiger charge is 2.24. The molecule has 0 saturated carbocycles. The quantitative estimate of drug-likeness (QED) is 0.519. The van der Waals surface area contributed by atoms with Gasteiger partial charge in [-0.05, 0) is 31.5 Å². The summed E-state index contributed by atoms with van der Waals surface area (Å²) in [5, 5.41) is 9.62. The molecule has 9 nitrogen and oxygen atoms in total. The largest absolute Gasteiger partial charge is 0.451 e. The van der Waals surface area contributed by atoms with E-state index in [4.69, 9.17) is 4.74 Å². The molecule has 0 aromatic heterocycles. The van der Waals surface area contributed by atoms with Gasteiger partial charge in [-0.2, -0.15) is 0 Å². The van der Waals surface area contributed by atoms with Crippen LogP contribution < -0.4 is 21.3 Å². The average Bonchev–Trinajstić information content (AvgIpc) is 2.73. The molecule has 0 saturated heterocycles. The molecule has 158 valence electrons. The third kappa shape index (κ3) is 7.63. The number of hydrogen-bond donors (Lipinski definition) is 4. The van der Waals surface area contributed by atoms with Crippen LogP contribution in [0, 0.1) is 0 Å². The third-order valence-electron chi connectivity index (χ3n) is 3.93. The molecule has 0 fully saturated rings. The highest BCUT2D eigenvalue weighted by Crippen LogP contribution is 2.05.